The maximum absolute atomic E-state index is 12.2. The van der Waals surface area contributed by atoms with Gasteiger partial charge < -0.3 is 19.1 Å². The molecule has 3 aromatic rings. The highest BCUT2D eigenvalue weighted by Gasteiger charge is 2.22. The van der Waals surface area contributed by atoms with Gasteiger partial charge in [-0.3, -0.25) is 0 Å². The molecule has 2 aromatic heterocycles. The second-order valence-electron chi connectivity index (χ2n) is 6.19. The van der Waals surface area contributed by atoms with Crippen LogP contribution in [0, 0.1) is 6.92 Å². The average Bonchev–Trinajstić information content (AvgIpc) is 3.05. The number of esters is 1. The molecule has 1 aromatic carbocycles. The number of benzene rings is 1. The largest absolute Gasteiger partial charge is 0.497 e. The third-order valence-corrected chi connectivity index (χ3v) is 5.61. The van der Waals surface area contributed by atoms with Crippen molar-refractivity contribution in [1.29, 1.82) is 0 Å². The number of methoxy groups -OCH3 is 2. The topological polar surface area (TPSA) is 73.8 Å². The van der Waals surface area contributed by atoms with Gasteiger partial charge in [0, 0.05) is 25.2 Å². The van der Waals surface area contributed by atoms with Gasteiger partial charge >= 0.3 is 5.97 Å². The number of carbonyl (C=O) groups is 1. The Labute approximate surface area is 167 Å². The van der Waals surface area contributed by atoms with Crippen molar-refractivity contribution in [2.24, 2.45) is 0 Å². The fraction of sp³-hybridized carbons (Fsp3) is 0.350. The molecule has 0 aliphatic rings. The van der Waals surface area contributed by atoms with Crippen LogP contribution in [0.1, 0.15) is 27.7 Å². The summed E-state index contributed by atoms with van der Waals surface area (Å²) >= 11 is 1.33. The van der Waals surface area contributed by atoms with Gasteiger partial charge in [-0.05, 0) is 31.5 Å². The molecule has 0 aliphatic heterocycles. The molecule has 0 amide bonds. The molecule has 3 rings (SSSR count). The maximum atomic E-state index is 12.2. The highest BCUT2D eigenvalue weighted by molar-refractivity contribution is 7.20. The second-order valence-corrected chi connectivity index (χ2v) is 7.19. The summed E-state index contributed by atoms with van der Waals surface area (Å²) in [6, 6.07) is 5.72. The van der Waals surface area contributed by atoms with Gasteiger partial charge in [-0.15, -0.1) is 11.3 Å². The van der Waals surface area contributed by atoms with Crippen molar-refractivity contribution >= 4 is 33.3 Å². The second kappa shape index (κ2) is 8.43. The molecule has 0 N–H and O–H groups in total. The number of hydrogen-bond donors (Lipinski definition) is 0. The number of rotatable bonds is 7. The Morgan fingerprint density at radius 1 is 1.21 bits per heavy atom. The van der Waals surface area contributed by atoms with Gasteiger partial charge in [0.1, 0.15) is 33.4 Å². The zero-order chi connectivity index (χ0) is 20.3. The predicted octanol–water partition coefficient (Wildman–Crippen LogP) is 3.83. The Bertz CT molecular complexity index is 1000. The fourth-order valence-electron chi connectivity index (χ4n) is 3.05. The molecule has 0 saturated carbocycles. The van der Waals surface area contributed by atoms with Gasteiger partial charge in [0.2, 0.25) is 0 Å². The molecular formula is C20H23N3O4S. The molecule has 2 heterocycles. The van der Waals surface area contributed by atoms with Crippen LogP contribution in [0.2, 0.25) is 0 Å². The van der Waals surface area contributed by atoms with E-state index in [1.807, 2.05) is 37.1 Å². The average molecular weight is 401 g/mol. The SMILES string of the molecule is CCOC(=O)c1sc2ncnc(N(C)Cc3ccc(OC)cc3OC)c2c1C. The van der Waals surface area contributed by atoms with E-state index in [1.165, 1.54) is 17.7 Å². The summed E-state index contributed by atoms with van der Waals surface area (Å²) in [5, 5.41) is 0.866. The van der Waals surface area contributed by atoms with Crippen LogP contribution in [0.25, 0.3) is 10.2 Å². The minimum Gasteiger partial charge on any atom is -0.497 e. The first-order valence-electron chi connectivity index (χ1n) is 8.83. The number of ether oxygens (including phenoxy) is 3. The zero-order valence-corrected chi connectivity index (χ0v) is 17.4. The van der Waals surface area contributed by atoms with Gasteiger partial charge in [0.05, 0.1) is 26.2 Å². The van der Waals surface area contributed by atoms with Crippen LogP contribution in [-0.4, -0.2) is 43.8 Å². The third-order valence-electron chi connectivity index (χ3n) is 4.43. The van der Waals surface area contributed by atoms with Gasteiger partial charge in [0.25, 0.3) is 0 Å². The normalized spacial score (nSPS) is 10.8. The first-order valence-corrected chi connectivity index (χ1v) is 9.65. The van der Waals surface area contributed by atoms with Crippen LogP contribution in [0.15, 0.2) is 24.5 Å². The van der Waals surface area contributed by atoms with Gasteiger partial charge in [0.15, 0.2) is 0 Å². The van der Waals surface area contributed by atoms with Gasteiger partial charge in [-0.1, -0.05) is 0 Å². The number of hydrogen-bond acceptors (Lipinski definition) is 8. The lowest BCUT2D eigenvalue weighted by Gasteiger charge is -2.21. The Balaban J connectivity index is 1.98. The van der Waals surface area contributed by atoms with Crippen LogP contribution in [0.3, 0.4) is 0 Å². The van der Waals surface area contributed by atoms with E-state index in [2.05, 4.69) is 9.97 Å². The lowest BCUT2D eigenvalue weighted by molar-refractivity contribution is 0.0531. The van der Waals surface area contributed by atoms with Crippen LogP contribution < -0.4 is 14.4 Å². The summed E-state index contributed by atoms with van der Waals surface area (Å²) < 4.78 is 15.9. The maximum Gasteiger partial charge on any atom is 0.348 e. The summed E-state index contributed by atoms with van der Waals surface area (Å²) in [7, 11) is 5.21. The summed E-state index contributed by atoms with van der Waals surface area (Å²) in [5.74, 6) is 1.91. The van der Waals surface area contributed by atoms with Crippen molar-refractivity contribution in [1.82, 2.24) is 9.97 Å². The zero-order valence-electron chi connectivity index (χ0n) is 16.6. The van der Waals surface area contributed by atoms with E-state index in [-0.39, 0.29) is 5.97 Å². The van der Waals surface area contributed by atoms with E-state index in [9.17, 15) is 4.79 Å². The standard InChI is InChI=1S/C20H23N3O4S/c1-6-27-20(24)17-12(2)16-18(21-11-22-19(16)28-17)23(3)10-13-7-8-14(25-4)9-15(13)26-5/h7-9,11H,6,10H2,1-5H3. The number of aryl methyl sites for hydroxylation is 1. The van der Waals surface area contributed by atoms with Gasteiger partial charge in [-0.2, -0.15) is 0 Å². The van der Waals surface area contributed by atoms with Crippen LogP contribution in [0.4, 0.5) is 5.82 Å². The Hall–Kier alpha value is -2.87. The van der Waals surface area contributed by atoms with Crippen molar-refractivity contribution in [3.8, 4) is 11.5 Å². The van der Waals surface area contributed by atoms with Crippen molar-refractivity contribution in [3.63, 3.8) is 0 Å². The van der Waals surface area contributed by atoms with E-state index in [1.54, 1.807) is 21.1 Å². The van der Waals surface area contributed by atoms with Gasteiger partial charge in [-0.25, -0.2) is 14.8 Å². The summed E-state index contributed by atoms with van der Waals surface area (Å²) in [6.45, 7) is 4.60. The van der Waals surface area contributed by atoms with E-state index >= 15 is 0 Å². The Morgan fingerprint density at radius 3 is 2.68 bits per heavy atom. The minimum absolute atomic E-state index is 0.326. The molecule has 0 spiro atoms. The highest BCUT2D eigenvalue weighted by atomic mass is 32.1. The Kier molecular flexibility index (Phi) is 5.99. The molecule has 0 atom stereocenters. The monoisotopic (exact) mass is 401 g/mol. The van der Waals surface area contributed by atoms with E-state index in [4.69, 9.17) is 14.2 Å². The summed E-state index contributed by atoms with van der Waals surface area (Å²) in [4.78, 5) is 24.4. The molecule has 0 aliphatic carbocycles. The summed E-state index contributed by atoms with van der Waals surface area (Å²) in [6.07, 6.45) is 1.52. The van der Waals surface area contributed by atoms with Crippen LogP contribution >= 0.6 is 11.3 Å². The van der Waals surface area contributed by atoms with E-state index in [0.29, 0.717) is 18.0 Å². The fourth-order valence-corrected chi connectivity index (χ4v) is 4.08. The molecule has 0 radical (unpaired) electrons. The predicted molar refractivity (Wildman–Crippen MR) is 110 cm³/mol. The van der Waals surface area contributed by atoms with Crippen molar-refractivity contribution < 1.29 is 19.0 Å². The van der Waals surface area contributed by atoms with E-state index in [0.717, 1.165) is 38.7 Å². The number of nitrogens with zero attached hydrogens (tertiary/aromatic N) is 3. The minimum atomic E-state index is -0.326. The number of aromatic nitrogens is 2. The lowest BCUT2D eigenvalue weighted by Crippen LogP contribution is -2.18. The molecule has 7 nitrogen and oxygen atoms in total. The first-order chi connectivity index (χ1) is 13.5. The summed E-state index contributed by atoms with van der Waals surface area (Å²) in [5.41, 5.74) is 1.83. The molecule has 0 unspecified atom stereocenters. The number of fused-ring (bicyclic) bond motifs is 1. The Morgan fingerprint density at radius 2 is 2.00 bits per heavy atom. The molecular weight excluding hydrogens is 378 g/mol. The van der Waals surface area contributed by atoms with E-state index < -0.39 is 0 Å². The lowest BCUT2D eigenvalue weighted by atomic mass is 10.1. The van der Waals surface area contributed by atoms with Crippen molar-refractivity contribution in [3.05, 3.63) is 40.5 Å². The first kappa shape index (κ1) is 19.9. The smallest absolute Gasteiger partial charge is 0.348 e. The van der Waals surface area contributed by atoms with Crippen molar-refractivity contribution in [2.45, 2.75) is 20.4 Å². The quantitative estimate of drug-likeness (QED) is 0.557. The molecule has 8 heteroatoms. The third kappa shape index (κ3) is 3.73. The number of thiophene rings is 1. The molecule has 0 saturated heterocycles. The highest BCUT2D eigenvalue weighted by Crippen LogP contribution is 2.36. The molecule has 0 bridgehead atoms. The number of anilines is 1. The van der Waals surface area contributed by atoms with Crippen LogP contribution in [0.5, 0.6) is 11.5 Å². The molecule has 28 heavy (non-hydrogen) atoms. The van der Waals surface area contributed by atoms with Crippen molar-refractivity contribution in [2.75, 3.05) is 32.8 Å². The molecule has 148 valence electrons. The van der Waals surface area contributed by atoms with Crippen LogP contribution in [-0.2, 0) is 11.3 Å². The molecule has 0 fully saturated rings. The number of carbonyl (C=O) groups excluding carboxylic acids is 1.